The first kappa shape index (κ1) is 19.7. The summed E-state index contributed by atoms with van der Waals surface area (Å²) in [6.07, 6.45) is 7.73. The monoisotopic (exact) mass is 368 g/mol. The first-order valence-electron chi connectivity index (χ1n) is 8.89. The molecule has 24 heavy (non-hydrogen) atoms. The number of rotatable bonds is 6. The van der Waals surface area contributed by atoms with Crippen LogP contribution < -0.4 is 0 Å². The second kappa shape index (κ2) is 8.62. The van der Waals surface area contributed by atoms with Gasteiger partial charge in [-0.25, -0.2) is 0 Å². The zero-order valence-corrected chi connectivity index (χ0v) is 16.6. The van der Waals surface area contributed by atoms with Crippen molar-refractivity contribution in [2.24, 2.45) is 0 Å². The smallest absolute Gasteiger partial charge is 0.307 e. The molecule has 0 saturated heterocycles. The van der Waals surface area contributed by atoms with E-state index in [9.17, 15) is 4.79 Å². The predicted octanol–water partition coefficient (Wildman–Crippen LogP) is 6.05. The van der Waals surface area contributed by atoms with Crippen LogP contribution in [0, 0.1) is 0 Å². The lowest BCUT2D eigenvalue weighted by atomic mass is 9.84. The number of carbonyl (C=O) groups is 1. The lowest BCUT2D eigenvalue weighted by molar-refractivity contribution is -0.154. The molecule has 1 fully saturated rings. The molecule has 1 aromatic rings. The maximum atomic E-state index is 12.0. The summed E-state index contributed by atoms with van der Waals surface area (Å²) in [5.41, 5.74) is 0.827. The molecule has 4 heteroatoms. The molecule has 0 bridgehead atoms. The molecular formula is C20H29ClO2S. The number of carbonyl (C=O) groups excluding carboxylic acids is 1. The molecule has 134 valence electrons. The first-order valence-corrected chi connectivity index (χ1v) is 10.3. The fourth-order valence-corrected chi connectivity index (χ4v) is 5.04. The van der Waals surface area contributed by atoms with Crippen LogP contribution in [0.3, 0.4) is 0 Å². The Bertz CT molecular complexity index is 545. The summed E-state index contributed by atoms with van der Waals surface area (Å²) in [7, 11) is 0. The van der Waals surface area contributed by atoms with Gasteiger partial charge in [-0.05, 0) is 51.7 Å². The van der Waals surface area contributed by atoms with Crippen molar-refractivity contribution >= 4 is 29.3 Å². The van der Waals surface area contributed by atoms with E-state index in [2.05, 4.69) is 12.1 Å². The third-order valence-electron chi connectivity index (χ3n) is 4.37. The number of thioether (sulfide) groups is 1. The van der Waals surface area contributed by atoms with Gasteiger partial charge >= 0.3 is 5.97 Å². The van der Waals surface area contributed by atoms with Gasteiger partial charge in [-0.3, -0.25) is 4.79 Å². The minimum atomic E-state index is -0.401. The highest BCUT2D eigenvalue weighted by molar-refractivity contribution is 8.00. The zero-order valence-electron chi connectivity index (χ0n) is 15.1. The number of hydrogen-bond donors (Lipinski definition) is 0. The van der Waals surface area contributed by atoms with Crippen LogP contribution in [-0.2, 0) is 16.0 Å². The molecule has 0 heterocycles. The molecule has 0 amide bonds. The normalized spacial score (nSPS) is 17.5. The summed E-state index contributed by atoms with van der Waals surface area (Å²) in [5, 5.41) is 0.857. The number of halogens is 1. The van der Waals surface area contributed by atoms with Crippen LogP contribution in [0.1, 0.15) is 64.9 Å². The van der Waals surface area contributed by atoms with E-state index in [1.165, 1.54) is 37.7 Å². The topological polar surface area (TPSA) is 26.3 Å². The van der Waals surface area contributed by atoms with Gasteiger partial charge in [0.15, 0.2) is 0 Å². The van der Waals surface area contributed by atoms with Crippen LogP contribution in [0.5, 0.6) is 0 Å². The SMILES string of the molecule is CC(C)(C)OC(=O)CCSC1(Cc2ccccc2Cl)CCCCC1. The van der Waals surface area contributed by atoms with E-state index >= 15 is 0 Å². The molecule has 0 spiro atoms. The van der Waals surface area contributed by atoms with Gasteiger partial charge in [0.25, 0.3) is 0 Å². The van der Waals surface area contributed by atoms with E-state index in [-0.39, 0.29) is 10.7 Å². The Morgan fingerprint density at radius 3 is 2.50 bits per heavy atom. The number of esters is 1. The van der Waals surface area contributed by atoms with Crippen molar-refractivity contribution in [2.45, 2.75) is 76.1 Å². The summed E-state index contributed by atoms with van der Waals surface area (Å²) in [5.74, 6) is 0.720. The highest BCUT2D eigenvalue weighted by atomic mass is 35.5. The van der Waals surface area contributed by atoms with E-state index in [1.54, 1.807) is 0 Å². The van der Waals surface area contributed by atoms with E-state index in [4.69, 9.17) is 16.3 Å². The maximum absolute atomic E-state index is 12.0. The third-order valence-corrected chi connectivity index (χ3v) is 6.31. The Kier molecular flexibility index (Phi) is 7.06. The highest BCUT2D eigenvalue weighted by Crippen LogP contribution is 2.43. The van der Waals surface area contributed by atoms with Crippen LogP contribution in [0.4, 0.5) is 0 Å². The second-order valence-electron chi connectivity index (χ2n) is 7.70. The number of hydrogen-bond acceptors (Lipinski definition) is 3. The van der Waals surface area contributed by atoms with E-state index in [0.717, 1.165) is 17.2 Å². The molecule has 0 unspecified atom stereocenters. The standard InChI is InChI=1S/C20H29ClO2S/c1-19(2,3)23-18(22)11-14-24-20(12-7-4-8-13-20)15-16-9-5-6-10-17(16)21/h5-6,9-10H,4,7-8,11-15H2,1-3H3. The van der Waals surface area contributed by atoms with Crippen molar-refractivity contribution in [3.63, 3.8) is 0 Å². The van der Waals surface area contributed by atoms with Crippen LogP contribution in [0.15, 0.2) is 24.3 Å². The van der Waals surface area contributed by atoms with Crippen molar-refractivity contribution in [3.8, 4) is 0 Å². The summed E-state index contributed by atoms with van der Waals surface area (Å²) in [4.78, 5) is 12.0. The Labute approximate surface area is 155 Å². The summed E-state index contributed by atoms with van der Waals surface area (Å²) in [6, 6.07) is 8.14. The van der Waals surface area contributed by atoms with Crippen LogP contribution >= 0.6 is 23.4 Å². The molecule has 1 saturated carbocycles. The van der Waals surface area contributed by atoms with Gasteiger partial charge in [-0.2, -0.15) is 11.8 Å². The van der Waals surface area contributed by atoms with Crippen LogP contribution in [0.2, 0.25) is 5.02 Å². The molecule has 1 aliphatic rings. The Morgan fingerprint density at radius 1 is 1.21 bits per heavy atom. The van der Waals surface area contributed by atoms with Gasteiger partial charge in [0, 0.05) is 15.5 Å². The molecular weight excluding hydrogens is 340 g/mol. The largest absolute Gasteiger partial charge is 0.460 e. The average Bonchev–Trinajstić information content (AvgIpc) is 2.49. The molecule has 0 aromatic heterocycles. The summed E-state index contributed by atoms with van der Waals surface area (Å²) in [6.45, 7) is 5.74. The quantitative estimate of drug-likeness (QED) is 0.571. The van der Waals surface area contributed by atoms with E-state index in [0.29, 0.717) is 6.42 Å². The van der Waals surface area contributed by atoms with E-state index < -0.39 is 5.60 Å². The zero-order chi connectivity index (χ0) is 17.6. The van der Waals surface area contributed by atoms with Crippen molar-refractivity contribution in [3.05, 3.63) is 34.9 Å². The summed E-state index contributed by atoms with van der Waals surface area (Å²) < 4.78 is 5.64. The molecule has 2 rings (SSSR count). The van der Waals surface area contributed by atoms with Crippen molar-refractivity contribution < 1.29 is 9.53 Å². The van der Waals surface area contributed by atoms with Gasteiger partial charge in [-0.15, -0.1) is 0 Å². The van der Waals surface area contributed by atoms with Gasteiger partial charge in [0.2, 0.25) is 0 Å². The molecule has 1 aromatic carbocycles. The summed E-state index contributed by atoms with van der Waals surface area (Å²) >= 11 is 8.32. The lowest BCUT2D eigenvalue weighted by Crippen LogP contribution is -2.32. The third kappa shape index (κ3) is 6.33. The van der Waals surface area contributed by atoms with Crippen molar-refractivity contribution in [1.82, 2.24) is 0 Å². The Balaban J connectivity index is 1.95. The first-order chi connectivity index (χ1) is 11.3. The fraction of sp³-hybridized carbons (Fsp3) is 0.650. The molecule has 0 atom stereocenters. The Morgan fingerprint density at radius 2 is 1.88 bits per heavy atom. The maximum Gasteiger partial charge on any atom is 0.307 e. The molecule has 0 N–H and O–H groups in total. The molecule has 1 aliphatic carbocycles. The lowest BCUT2D eigenvalue weighted by Gasteiger charge is -2.37. The minimum Gasteiger partial charge on any atom is -0.460 e. The van der Waals surface area contributed by atoms with Crippen molar-refractivity contribution in [2.75, 3.05) is 5.75 Å². The van der Waals surface area contributed by atoms with Gasteiger partial charge in [-0.1, -0.05) is 49.1 Å². The van der Waals surface area contributed by atoms with Crippen LogP contribution in [-0.4, -0.2) is 22.1 Å². The number of benzene rings is 1. The predicted molar refractivity (Wildman–Crippen MR) is 104 cm³/mol. The number of ether oxygens (including phenoxy) is 1. The van der Waals surface area contributed by atoms with Gasteiger partial charge in [0.1, 0.15) is 5.60 Å². The minimum absolute atomic E-state index is 0.0984. The highest BCUT2D eigenvalue weighted by Gasteiger charge is 2.33. The van der Waals surface area contributed by atoms with Crippen LogP contribution in [0.25, 0.3) is 0 Å². The van der Waals surface area contributed by atoms with Gasteiger partial charge < -0.3 is 4.74 Å². The van der Waals surface area contributed by atoms with Crippen molar-refractivity contribution in [1.29, 1.82) is 0 Å². The van der Waals surface area contributed by atoms with Gasteiger partial charge in [0.05, 0.1) is 6.42 Å². The fourth-order valence-electron chi connectivity index (χ4n) is 3.30. The van der Waals surface area contributed by atoms with E-state index in [1.807, 2.05) is 44.7 Å². The second-order valence-corrected chi connectivity index (χ2v) is 9.67. The Hall–Kier alpha value is -0.670. The average molecular weight is 369 g/mol. The molecule has 0 aliphatic heterocycles. The molecule has 2 nitrogen and oxygen atoms in total. The molecule has 0 radical (unpaired) electrons.